The normalized spacial score (nSPS) is 9.81. The number of rotatable bonds is 6. The van der Waals surface area contributed by atoms with E-state index in [1.807, 2.05) is 6.92 Å². The van der Waals surface area contributed by atoms with Crippen molar-refractivity contribution in [1.82, 2.24) is 9.97 Å². The van der Waals surface area contributed by atoms with Gasteiger partial charge in [0.1, 0.15) is 16.8 Å². The maximum atomic E-state index is 5.87. The summed E-state index contributed by atoms with van der Waals surface area (Å²) < 4.78 is 0. The van der Waals surface area contributed by atoms with Gasteiger partial charge in [0.2, 0.25) is 0 Å². The van der Waals surface area contributed by atoms with Crippen LogP contribution >= 0.6 is 11.6 Å². The molecule has 4 heteroatoms. The van der Waals surface area contributed by atoms with Crippen LogP contribution in [-0.4, -0.2) is 16.5 Å². The van der Waals surface area contributed by atoms with Gasteiger partial charge >= 0.3 is 0 Å². The average Bonchev–Trinajstić information content (AvgIpc) is 2.28. The number of aromatic nitrogens is 2. The van der Waals surface area contributed by atoms with Crippen molar-refractivity contribution in [3.05, 3.63) is 17.0 Å². The molecule has 0 spiro atoms. The van der Waals surface area contributed by atoms with Gasteiger partial charge in [0.25, 0.3) is 0 Å². The predicted octanol–water partition coefficient (Wildman–Crippen LogP) is 2.91. The van der Waals surface area contributed by atoms with Gasteiger partial charge in [0, 0.05) is 25.5 Å². The molecule has 86 valence electrons. The van der Waals surface area contributed by atoms with E-state index in [-0.39, 0.29) is 0 Å². The van der Waals surface area contributed by atoms with Gasteiger partial charge < -0.3 is 5.32 Å². The largest absolute Gasteiger partial charge is 0.370 e. The van der Waals surface area contributed by atoms with Crippen LogP contribution in [0.1, 0.15) is 32.0 Å². The van der Waals surface area contributed by atoms with Crippen LogP contribution in [0.4, 0.5) is 5.82 Å². The Labute approximate surface area is 102 Å². The lowest BCUT2D eigenvalue weighted by molar-refractivity contribution is 0.785. The molecule has 0 radical (unpaired) electrons. The predicted molar refractivity (Wildman–Crippen MR) is 67.6 cm³/mol. The van der Waals surface area contributed by atoms with E-state index >= 15 is 0 Å². The lowest BCUT2D eigenvalue weighted by Gasteiger charge is -2.06. The minimum atomic E-state index is 0.484. The van der Waals surface area contributed by atoms with Crippen molar-refractivity contribution in [2.45, 2.75) is 32.6 Å². The maximum absolute atomic E-state index is 5.87. The third-order valence-corrected chi connectivity index (χ3v) is 2.31. The van der Waals surface area contributed by atoms with Gasteiger partial charge in [0.05, 0.1) is 0 Å². The monoisotopic (exact) mass is 237 g/mol. The summed E-state index contributed by atoms with van der Waals surface area (Å²) >= 11 is 5.87. The van der Waals surface area contributed by atoms with Crippen LogP contribution in [0.5, 0.6) is 0 Å². The minimum absolute atomic E-state index is 0.484. The van der Waals surface area contributed by atoms with E-state index in [9.17, 15) is 0 Å². The first-order valence-electron chi connectivity index (χ1n) is 5.47. The van der Waals surface area contributed by atoms with Crippen LogP contribution in [0.25, 0.3) is 0 Å². The van der Waals surface area contributed by atoms with Gasteiger partial charge in [-0.15, -0.1) is 12.3 Å². The number of unbranched alkanes of at least 4 members (excludes halogenated alkanes) is 2. The van der Waals surface area contributed by atoms with E-state index in [1.165, 1.54) is 0 Å². The molecule has 1 rings (SSSR count). The molecule has 0 saturated heterocycles. The summed E-state index contributed by atoms with van der Waals surface area (Å²) in [7, 11) is 0. The minimum Gasteiger partial charge on any atom is -0.370 e. The fraction of sp³-hybridized carbons (Fsp3) is 0.500. The van der Waals surface area contributed by atoms with Crippen molar-refractivity contribution < 1.29 is 0 Å². The van der Waals surface area contributed by atoms with Gasteiger partial charge in [-0.3, -0.25) is 0 Å². The molecule has 0 amide bonds. The van der Waals surface area contributed by atoms with Crippen molar-refractivity contribution in [2.24, 2.45) is 0 Å². The zero-order chi connectivity index (χ0) is 11.8. The first kappa shape index (κ1) is 12.8. The van der Waals surface area contributed by atoms with Gasteiger partial charge in [-0.25, -0.2) is 9.97 Å². The lowest BCUT2D eigenvalue weighted by atomic mass is 10.2. The molecule has 16 heavy (non-hydrogen) atoms. The Morgan fingerprint density at radius 2 is 2.25 bits per heavy atom. The highest BCUT2D eigenvalue weighted by Crippen LogP contribution is 2.12. The van der Waals surface area contributed by atoms with Crippen LogP contribution in [0.15, 0.2) is 6.07 Å². The zero-order valence-electron chi connectivity index (χ0n) is 9.46. The molecule has 1 heterocycles. The second-order valence-electron chi connectivity index (χ2n) is 3.43. The third kappa shape index (κ3) is 4.50. The Morgan fingerprint density at radius 3 is 2.94 bits per heavy atom. The molecule has 0 unspecified atom stereocenters. The second-order valence-corrected chi connectivity index (χ2v) is 3.82. The second kappa shape index (κ2) is 7.08. The SMILES string of the molecule is C#CCCCCNc1cc(Cl)nc(CC)n1. The number of nitrogens with zero attached hydrogens (tertiary/aromatic N) is 2. The highest BCUT2D eigenvalue weighted by molar-refractivity contribution is 6.29. The number of anilines is 1. The van der Waals surface area contributed by atoms with E-state index in [2.05, 4.69) is 21.2 Å². The van der Waals surface area contributed by atoms with E-state index in [4.69, 9.17) is 18.0 Å². The Bertz CT molecular complexity index is 371. The molecule has 0 aliphatic carbocycles. The van der Waals surface area contributed by atoms with Crippen LogP contribution in [-0.2, 0) is 6.42 Å². The van der Waals surface area contributed by atoms with Crippen LogP contribution in [0.2, 0.25) is 5.15 Å². The molecular weight excluding hydrogens is 222 g/mol. The van der Waals surface area contributed by atoms with E-state index in [0.717, 1.165) is 43.9 Å². The first-order valence-corrected chi connectivity index (χ1v) is 5.85. The molecule has 0 fully saturated rings. The summed E-state index contributed by atoms with van der Waals surface area (Å²) in [6.45, 7) is 2.86. The van der Waals surface area contributed by atoms with Gasteiger partial charge in [0.15, 0.2) is 0 Å². The Balaban J connectivity index is 2.41. The summed E-state index contributed by atoms with van der Waals surface area (Å²) in [5.74, 6) is 4.17. The first-order chi connectivity index (χ1) is 7.76. The third-order valence-electron chi connectivity index (χ3n) is 2.11. The number of hydrogen-bond acceptors (Lipinski definition) is 3. The summed E-state index contributed by atoms with van der Waals surface area (Å²) in [4.78, 5) is 8.42. The summed E-state index contributed by atoms with van der Waals surface area (Å²) in [6.07, 6.45) is 8.85. The fourth-order valence-corrected chi connectivity index (χ4v) is 1.48. The summed E-state index contributed by atoms with van der Waals surface area (Å²) in [5, 5.41) is 3.70. The molecule has 1 N–H and O–H groups in total. The van der Waals surface area contributed by atoms with Gasteiger partial charge in [-0.05, 0) is 12.8 Å². The van der Waals surface area contributed by atoms with Crippen molar-refractivity contribution in [1.29, 1.82) is 0 Å². The van der Waals surface area contributed by atoms with Crippen molar-refractivity contribution in [2.75, 3.05) is 11.9 Å². The standard InChI is InChI=1S/C12H16ClN3/c1-3-5-6-7-8-14-12-9-10(13)15-11(4-2)16-12/h1,9H,4-8H2,2H3,(H,14,15,16). The topological polar surface area (TPSA) is 37.8 Å². The number of nitrogens with one attached hydrogen (secondary N) is 1. The summed E-state index contributed by atoms with van der Waals surface area (Å²) in [6, 6.07) is 1.74. The zero-order valence-corrected chi connectivity index (χ0v) is 10.2. The van der Waals surface area contributed by atoms with E-state index in [1.54, 1.807) is 6.07 Å². The molecule has 0 aliphatic heterocycles. The molecule has 1 aromatic heterocycles. The lowest BCUT2D eigenvalue weighted by Crippen LogP contribution is -2.05. The highest BCUT2D eigenvalue weighted by Gasteiger charge is 2.00. The van der Waals surface area contributed by atoms with Crippen LogP contribution < -0.4 is 5.32 Å². The molecule has 0 aliphatic rings. The fourth-order valence-electron chi connectivity index (χ4n) is 1.28. The molecule has 1 aromatic rings. The highest BCUT2D eigenvalue weighted by atomic mass is 35.5. The quantitative estimate of drug-likeness (QED) is 0.470. The van der Waals surface area contributed by atoms with Crippen molar-refractivity contribution in [3.63, 3.8) is 0 Å². The Kier molecular flexibility index (Phi) is 5.66. The smallest absolute Gasteiger partial charge is 0.134 e. The van der Waals surface area contributed by atoms with Crippen LogP contribution in [0, 0.1) is 12.3 Å². The number of aryl methyl sites for hydroxylation is 1. The number of halogens is 1. The Hall–Kier alpha value is -1.27. The molecule has 3 nitrogen and oxygen atoms in total. The number of hydrogen-bond donors (Lipinski definition) is 1. The van der Waals surface area contributed by atoms with Crippen LogP contribution in [0.3, 0.4) is 0 Å². The van der Waals surface area contributed by atoms with E-state index in [0.29, 0.717) is 5.15 Å². The van der Waals surface area contributed by atoms with Crippen molar-refractivity contribution in [3.8, 4) is 12.3 Å². The van der Waals surface area contributed by atoms with E-state index < -0.39 is 0 Å². The molecule has 0 saturated carbocycles. The van der Waals surface area contributed by atoms with Crippen molar-refractivity contribution >= 4 is 17.4 Å². The average molecular weight is 238 g/mol. The van der Waals surface area contributed by atoms with Gasteiger partial charge in [-0.1, -0.05) is 18.5 Å². The number of terminal acetylenes is 1. The van der Waals surface area contributed by atoms with Gasteiger partial charge in [-0.2, -0.15) is 0 Å². The Morgan fingerprint density at radius 1 is 1.44 bits per heavy atom. The maximum Gasteiger partial charge on any atom is 0.134 e. The molecule has 0 bridgehead atoms. The summed E-state index contributed by atoms with van der Waals surface area (Å²) in [5.41, 5.74) is 0. The molecule has 0 atom stereocenters. The molecular formula is C12H16ClN3. The molecule has 0 aromatic carbocycles.